The summed E-state index contributed by atoms with van der Waals surface area (Å²) in [5.74, 6) is -0.792. The van der Waals surface area contributed by atoms with Gasteiger partial charge in [-0.15, -0.1) is 0 Å². The van der Waals surface area contributed by atoms with E-state index in [1.807, 2.05) is 0 Å². The fourth-order valence-corrected chi connectivity index (χ4v) is 3.60. The molecule has 0 radical (unpaired) electrons. The van der Waals surface area contributed by atoms with Crippen LogP contribution in [0.15, 0.2) is 0 Å². The lowest BCUT2D eigenvalue weighted by Crippen LogP contribution is -2.26. The van der Waals surface area contributed by atoms with Crippen molar-refractivity contribution >= 4 is 58.6 Å². The number of nitrogens with zero attached hydrogens (tertiary/aromatic N) is 1. The average molecular weight is 303 g/mol. The van der Waals surface area contributed by atoms with Crippen molar-refractivity contribution in [2.45, 2.75) is 28.8 Å². The van der Waals surface area contributed by atoms with Crippen LogP contribution in [0.2, 0.25) is 0 Å². The van der Waals surface area contributed by atoms with Crippen LogP contribution in [-0.2, 0) is 9.59 Å². The molecule has 2 fully saturated rings. The van der Waals surface area contributed by atoms with E-state index in [0.717, 1.165) is 30.0 Å². The summed E-state index contributed by atoms with van der Waals surface area (Å²) in [6.07, 6.45) is 3.53. The van der Waals surface area contributed by atoms with Crippen molar-refractivity contribution in [3.63, 3.8) is 0 Å². The third kappa shape index (κ3) is 2.45. The van der Waals surface area contributed by atoms with Crippen LogP contribution in [0.4, 0.5) is 0 Å². The minimum Gasteiger partial charge on any atom is -0.273 e. The van der Waals surface area contributed by atoms with Crippen molar-refractivity contribution in [1.82, 2.24) is 4.31 Å². The normalized spacial score (nSPS) is 30.8. The fraction of sp³-hybridized carbons (Fsp3) is 0.778. The summed E-state index contributed by atoms with van der Waals surface area (Å²) in [5, 5.41) is 0. The summed E-state index contributed by atoms with van der Waals surface area (Å²) in [4.78, 5) is 23.9. The Hall–Kier alpha value is 0.360. The van der Waals surface area contributed by atoms with Crippen LogP contribution >= 0.6 is 46.8 Å². The van der Waals surface area contributed by atoms with Gasteiger partial charge in [0.2, 0.25) is 11.8 Å². The van der Waals surface area contributed by atoms with Gasteiger partial charge in [0.25, 0.3) is 3.12 Å². The van der Waals surface area contributed by atoms with Crippen LogP contribution in [-0.4, -0.2) is 19.2 Å². The number of amides is 2. The highest BCUT2D eigenvalue weighted by atomic mass is 35.6. The van der Waals surface area contributed by atoms with Crippen LogP contribution in [0, 0.1) is 11.8 Å². The number of alkyl halides is 3. The summed E-state index contributed by atoms with van der Waals surface area (Å²) in [5.41, 5.74) is 0. The molecule has 0 aromatic carbocycles. The summed E-state index contributed by atoms with van der Waals surface area (Å²) in [7, 11) is 0. The van der Waals surface area contributed by atoms with Gasteiger partial charge in [-0.3, -0.25) is 9.59 Å². The third-order valence-electron chi connectivity index (χ3n) is 3.00. The van der Waals surface area contributed by atoms with Crippen molar-refractivity contribution in [3.05, 3.63) is 0 Å². The first-order valence-corrected chi connectivity index (χ1v) is 6.94. The molecule has 0 bridgehead atoms. The second-order valence-electron chi connectivity index (χ2n) is 4.01. The number of carbonyl (C=O) groups is 2. The predicted octanol–water partition coefficient (Wildman–Crippen LogP) is 3.14. The minimum absolute atomic E-state index is 0.193. The van der Waals surface area contributed by atoms with Crippen molar-refractivity contribution in [1.29, 1.82) is 0 Å². The van der Waals surface area contributed by atoms with Crippen LogP contribution < -0.4 is 0 Å². The van der Waals surface area contributed by atoms with Gasteiger partial charge in [0.05, 0.1) is 11.8 Å². The Kier molecular flexibility index (Phi) is 3.65. The Balaban J connectivity index is 2.15. The second kappa shape index (κ2) is 4.56. The highest BCUT2D eigenvalue weighted by Gasteiger charge is 2.50. The molecule has 0 spiro atoms. The Labute approximate surface area is 113 Å². The van der Waals surface area contributed by atoms with Gasteiger partial charge >= 0.3 is 0 Å². The second-order valence-corrected chi connectivity index (χ2v) is 8.12. The Morgan fingerprint density at radius 3 is 1.88 bits per heavy atom. The Morgan fingerprint density at radius 2 is 1.50 bits per heavy atom. The standard InChI is InChI=1S/C9H10Cl3NO2S/c10-9(11,12)16-13-7(14)5-3-1-2-4-6(5)8(13)15/h5-6H,1-4H2. The van der Waals surface area contributed by atoms with Gasteiger partial charge in [0.1, 0.15) is 0 Å². The molecule has 2 rings (SSSR count). The number of fused-ring (bicyclic) bond motifs is 1. The number of hydrogen-bond acceptors (Lipinski definition) is 3. The molecule has 3 nitrogen and oxygen atoms in total. The largest absolute Gasteiger partial charge is 0.273 e. The lowest BCUT2D eigenvalue weighted by atomic mass is 9.81. The molecule has 2 aliphatic rings. The summed E-state index contributed by atoms with van der Waals surface area (Å²) in [6, 6.07) is 0. The third-order valence-corrected chi connectivity index (χ3v) is 4.37. The molecule has 1 aliphatic heterocycles. The van der Waals surface area contributed by atoms with Crippen LogP contribution in [0.1, 0.15) is 25.7 Å². The van der Waals surface area contributed by atoms with Crippen LogP contribution in [0.5, 0.6) is 0 Å². The molecule has 1 saturated carbocycles. The van der Waals surface area contributed by atoms with E-state index in [1.54, 1.807) is 0 Å². The van der Waals surface area contributed by atoms with Gasteiger partial charge in [-0.1, -0.05) is 47.6 Å². The van der Waals surface area contributed by atoms with Gasteiger partial charge in [-0.2, -0.15) is 0 Å². The first-order chi connectivity index (χ1) is 7.40. The van der Waals surface area contributed by atoms with Crippen molar-refractivity contribution in [2.75, 3.05) is 0 Å². The molecule has 1 heterocycles. The minimum atomic E-state index is -1.67. The monoisotopic (exact) mass is 301 g/mol. The maximum absolute atomic E-state index is 11.9. The molecule has 1 saturated heterocycles. The lowest BCUT2D eigenvalue weighted by Gasteiger charge is -2.19. The van der Waals surface area contributed by atoms with Gasteiger partial charge in [-0.25, -0.2) is 4.31 Å². The van der Waals surface area contributed by atoms with Crippen LogP contribution in [0.3, 0.4) is 0 Å². The highest BCUT2D eigenvalue weighted by Crippen LogP contribution is 2.47. The molecular formula is C9H10Cl3NO2S. The van der Waals surface area contributed by atoms with E-state index in [-0.39, 0.29) is 23.7 Å². The van der Waals surface area contributed by atoms with E-state index in [1.165, 1.54) is 0 Å². The maximum Gasteiger partial charge on any atom is 0.256 e. The first kappa shape index (κ1) is 12.8. The fourth-order valence-electron chi connectivity index (χ4n) is 2.33. The zero-order valence-corrected chi connectivity index (χ0v) is 11.4. The van der Waals surface area contributed by atoms with E-state index in [2.05, 4.69) is 0 Å². The van der Waals surface area contributed by atoms with E-state index in [0.29, 0.717) is 11.9 Å². The number of hydrogen-bond donors (Lipinski definition) is 0. The first-order valence-electron chi connectivity index (χ1n) is 5.04. The molecule has 2 atom stereocenters. The van der Waals surface area contributed by atoms with E-state index < -0.39 is 3.12 Å². The van der Waals surface area contributed by atoms with Gasteiger partial charge in [0.15, 0.2) is 0 Å². The van der Waals surface area contributed by atoms with Crippen molar-refractivity contribution < 1.29 is 9.59 Å². The molecule has 2 amide bonds. The molecular weight excluding hydrogens is 293 g/mol. The molecule has 0 aromatic rings. The predicted molar refractivity (Wildman–Crippen MR) is 65.2 cm³/mol. The molecule has 1 aliphatic carbocycles. The summed E-state index contributed by atoms with van der Waals surface area (Å²) >= 11 is 17.4. The molecule has 16 heavy (non-hydrogen) atoms. The van der Waals surface area contributed by atoms with Gasteiger partial charge in [0, 0.05) is 11.9 Å². The van der Waals surface area contributed by atoms with Gasteiger partial charge < -0.3 is 0 Å². The number of carbonyl (C=O) groups excluding carboxylic acids is 2. The zero-order valence-electron chi connectivity index (χ0n) is 8.29. The molecule has 0 N–H and O–H groups in total. The molecule has 2 unspecified atom stereocenters. The molecule has 90 valence electrons. The Morgan fingerprint density at radius 1 is 1.06 bits per heavy atom. The molecule has 7 heteroatoms. The highest BCUT2D eigenvalue weighted by molar-refractivity contribution is 8.03. The maximum atomic E-state index is 11.9. The quantitative estimate of drug-likeness (QED) is 0.424. The van der Waals surface area contributed by atoms with Gasteiger partial charge in [-0.05, 0) is 12.8 Å². The summed E-state index contributed by atoms with van der Waals surface area (Å²) < 4.78 is -0.632. The number of imide groups is 1. The zero-order chi connectivity index (χ0) is 11.9. The van der Waals surface area contributed by atoms with E-state index in [4.69, 9.17) is 34.8 Å². The van der Waals surface area contributed by atoms with E-state index >= 15 is 0 Å². The summed E-state index contributed by atoms with van der Waals surface area (Å²) in [6.45, 7) is 0. The lowest BCUT2D eigenvalue weighted by molar-refractivity contribution is -0.133. The van der Waals surface area contributed by atoms with Crippen molar-refractivity contribution in [2.24, 2.45) is 11.8 Å². The molecule has 0 aromatic heterocycles. The number of halogens is 3. The van der Waals surface area contributed by atoms with Crippen LogP contribution in [0.25, 0.3) is 0 Å². The van der Waals surface area contributed by atoms with Crippen molar-refractivity contribution in [3.8, 4) is 0 Å². The SMILES string of the molecule is O=C1C2CCCCC2C(=O)N1SC(Cl)(Cl)Cl. The topological polar surface area (TPSA) is 37.4 Å². The van der Waals surface area contributed by atoms with E-state index in [9.17, 15) is 9.59 Å². The number of rotatable bonds is 1. The average Bonchev–Trinajstić information content (AvgIpc) is 2.43. The smallest absolute Gasteiger partial charge is 0.256 e. The Bertz CT molecular complexity index is 307.